The molecule has 0 N–H and O–H groups in total. The molecule has 2 aliphatic rings. The van der Waals surface area contributed by atoms with Crippen molar-refractivity contribution in [3.05, 3.63) is 47.1 Å². The highest BCUT2D eigenvalue weighted by Crippen LogP contribution is 2.37. The van der Waals surface area contributed by atoms with Crippen molar-refractivity contribution >= 4 is 5.91 Å². The van der Waals surface area contributed by atoms with Gasteiger partial charge in [0.25, 0.3) is 5.91 Å². The number of hydrogen-bond acceptors (Lipinski definition) is 6. The van der Waals surface area contributed by atoms with E-state index in [0.717, 1.165) is 12.0 Å². The summed E-state index contributed by atoms with van der Waals surface area (Å²) >= 11 is 0. The Labute approximate surface area is 145 Å². The maximum atomic E-state index is 13.3. The number of fused-ring (bicyclic) bond motifs is 1. The monoisotopic (exact) mass is 343 g/mol. The molecule has 25 heavy (non-hydrogen) atoms. The number of likely N-dealkylation sites (tertiary alicyclic amines) is 1. The normalized spacial score (nSPS) is 25.8. The fourth-order valence-corrected chi connectivity index (χ4v) is 3.64. The molecule has 7 heteroatoms. The van der Waals surface area contributed by atoms with E-state index in [2.05, 4.69) is 16.2 Å². The van der Waals surface area contributed by atoms with Gasteiger partial charge in [0.05, 0.1) is 12.7 Å². The van der Waals surface area contributed by atoms with Gasteiger partial charge in [0.2, 0.25) is 5.89 Å². The van der Waals surface area contributed by atoms with Crippen LogP contribution in [0.25, 0.3) is 0 Å². The number of ether oxygens (including phenoxy) is 2. The van der Waals surface area contributed by atoms with Gasteiger partial charge >= 0.3 is 0 Å². The average molecular weight is 343 g/mol. The fraction of sp³-hybridized carbons (Fsp3) is 0.500. The average Bonchev–Trinajstić information content (AvgIpc) is 3.26. The van der Waals surface area contributed by atoms with E-state index in [4.69, 9.17) is 14.0 Å². The number of hydrogen-bond donors (Lipinski definition) is 0. The van der Waals surface area contributed by atoms with E-state index in [0.29, 0.717) is 31.3 Å². The number of benzene rings is 1. The minimum atomic E-state index is -0.591. The Hall–Kier alpha value is -2.25. The predicted octanol–water partition coefficient (Wildman–Crippen LogP) is 1.98. The third-order valence-corrected chi connectivity index (χ3v) is 4.93. The Bertz CT molecular complexity index is 775. The zero-order valence-electron chi connectivity index (χ0n) is 14.3. The molecule has 0 bridgehead atoms. The first-order valence-electron chi connectivity index (χ1n) is 8.50. The van der Waals surface area contributed by atoms with E-state index in [1.807, 2.05) is 18.2 Å². The summed E-state index contributed by atoms with van der Waals surface area (Å²) in [7, 11) is 1.65. The summed E-state index contributed by atoms with van der Waals surface area (Å²) < 4.78 is 16.6. The molecule has 0 aliphatic carbocycles. The van der Waals surface area contributed by atoms with Gasteiger partial charge in [-0.25, -0.2) is 0 Å². The topological polar surface area (TPSA) is 77.7 Å². The SMILES string of the molecule is CO[C@H]1C[C@H](c2nc(C)no2)N(C(=O)[C@@H]2OCCc3ccccc32)C1. The van der Waals surface area contributed by atoms with Crippen LogP contribution in [0.4, 0.5) is 0 Å². The van der Waals surface area contributed by atoms with Crippen LogP contribution in [0.3, 0.4) is 0 Å². The summed E-state index contributed by atoms with van der Waals surface area (Å²) in [5.74, 6) is 0.935. The number of rotatable bonds is 3. The van der Waals surface area contributed by atoms with Crippen molar-refractivity contribution in [1.82, 2.24) is 15.0 Å². The Morgan fingerprint density at radius 2 is 2.20 bits per heavy atom. The summed E-state index contributed by atoms with van der Waals surface area (Å²) in [5.41, 5.74) is 2.11. The van der Waals surface area contributed by atoms with Crippen molar-refractivity contribution in [3.63, 3.8) is 0 Å². The lowest BCUT2D eigenvalue weighted by atomic mass is 9.96. The number of amides is 1. The second kappa shape index (κ2) is 6.57. The molecule has 0 unspecified atom stereocenters. The van der Waals surface area contributed by atoms with Crippen molar-refractivity contribution in [1.29, 1.82) is 0 Å². The van der Waals surface area contributed by atoms with E-state index >= 15 is 0 Å². The van der Waals surface area contributed by atoms with Gasteiger partial charge in [-0.2, -0.15) is 4.98 Å². The highest BCUT2D eigenvalue weighted by Gasteiger charge is 2.43. The van der Waals surface area contributed by atoms with E-state index < -0.39 is 6.10 Å². The van der Waals surface area contributed by atoms with Gasteiger partial charge < -0.3 is 18.9 Å². The second-order valence-electron chi connectivity index (χ2n) is 6.48. The van der Waals surface area contributed by atoms with Crippen LogP contribution in [0.5, 0.6) is 0 Å². The molecule has 2 aromatic rings. The second-order valence-corrected chi connectivity index (χ2v) is 6.48. The summed E-state index contributed by atoms with van der Waals surface area (Å²) in [6.45, 7) is 2.80. The highest BCUT2D eigenvalue weighted by molar-refractivity contribution is 5.83. The van der Waals surface area contributed by atoms with E-state index in [1.165, 1.54) is 5.56 Å². The zero-order chi connectivity index (χ0) is 17.4. The first kappa shape index (κ1) is 16.2. The van der Waals surface area contributed by atoms with Crippen LogP contribution in [-0.2, 0) is 20.7 Å². The van der Waals surface area contributed by atoms with Crippen molar-refractivity contribution in [2.24, 2.45) is 0 Å². The van der Waals surface area contributed by atoms with Crippen molar-refractivity contribution in [3.8, 4) is 0 Å². The van der Waals surface area contributed by atoms with Crippen LogP contribution in [0.2, 0.25) is 0 Å². The first-order valence-corrected chi connectivity index (χ1v) is 8.50. The highest BCUT2D eigenvalue weighted by atomic mass is 16.5. The Kier molecular flexibility index (Phi) is 4.27. The summed E-state index contributed by atoms with van der Waals surface area (Å²) in [5, 5.41) is 3.86. The van der Waals surface area contributed by atoms with Crippen LogP contribution in [-0.4, -0.2) is 47.3 Å². The lowest BCUT2D eigenvalue weighted by Gasteiger charge is -2.30. The minimum Gasteiger partial charge on any atom is -0.380 e. The standard InChI is InChI=1S/C18H21N3O4/c1-11-19-17(25-20-11)15-9-13(23-2)10-21(15)18(22)16-14-6-4-3-5-12(14)7-8-24-16/h3-6,13,15-16H,7-10H2,1-2H3/t13-,15+,16+/m0/s1. The quantitative estimate of drug-likeness (QED) is 0.848. The van der Waals surface area contributed by atoms with Gasteiger partial charge in [-0.15, -0.1) is 0 Å². The lowest BCUT2D eigenvalue weighted by Crippen LogP contribution is -2.38. The van der Waals surface area contributed by atoms with Gasteiger partial charge in [0.1, 0.15) is 6.04 Å². The molecule has 1 saturated heterocycles. The van der Waals surface area contributed by atoms with Gasteiger partial charge in [0, 0.05) is 20.1 Å². The number of aromatic nitrogens is 2. The molecule has 1 aromatic carbocycles. The molecular weight excluding hydrogens is 322 g/mol. The third-order valence-electron chi connectivity index (χ3n) is 4.93. The number of carbonyl (C=O) groups excluding carboxylic acids is 1. The predicted molar refractivity (Wildman–Crippen MR) is 87.7 cm³/mol. The molecule has 0 radical (unpaired) electrons. The number of nitrogens with zero attached hydrogens (tertiary/aromatic N) is 3. The maximum Gasteiger partial charge on any atom is 0.257 e. The van der Waals surface area contributed by atoms with Crippen LogP contribution in [0.15, 0.2) is 28.8 Å². The first-order chi connectivity index (χ1) is 12.2. The van der Waals surface area contributed by atoms with Crippen molar-refractivity contribution in [2.45, 2.75) is 38.0 Å². The number of carbonyl (C=O) groups is 1. The fourth-order valence-electron chi connectivity index (χ4n) is 3.64. The Morgan fingerprint density at radius 1 is 1.36 bits per heavy atom. The van der Waals surface area contributed by atoms with Crippen molar-refractivity contribution < 1.29 is 18.8 Å². The van der Waals surface area contributed by atoms with Crippen LogP contribution >= 0.6 is 0 Å². The molecule has 1 amide bonds. The summed E-state index contributed by atoms with van der Waals surface area (Å²) in [6, 6.07) is 7.67. The molecule has 132 valence electrons. The lowest BCUT2D eigenvalue weighted by molar-refractivity contribution is -0.147. The molecule has 3 heterocycles. The number of aryl methyl sites for hydroxylation is 1. The largest absolute Gasteiger partial charge is 0.380 e. The van der Waals surface area contributed by atoms with E-state index in [9.17, 15) is 4.79 Å². The van der Waals surface area contributed by atoms with Crippen LogP contribution in [0.1, 0.15) is 41.4 Å². The van der Waals surface area contributed by atoms with Crippen molar-refractivity contribution in [2.75, 3.05) is 20.3 Å². The summed E-state index contributed by atoms with van der Waals surface area (Å²) in [4.78, 5) is 19.3. The van der Waals surface area contributed by atoms with E-state index in [1.54, 1.807) is 18.9 Å². The Morgan fingerprint density at radius 3 is 2.96 bits per heavy atom. The molecule has 0 spiro atoms. The molecule has 1 aromatic heterocycles. The van der Waals surface area contributed by atoms with Gasteiger partial charge in [-0.3, -0.25) is 4.79 Å². The van der Waals surface area contributed by atoms with Crippen LogP contribution < -0.4 is 0 Å². The third kappa shape index (κ3) is 2.94. The van der Waals surface area contributed by atoms with E-state index in [-0.39, 0.29) is 18.1 Å². The minimum absolute atomic E-state index is 0.0556. The molecule has 2 aliphatic heterocycles. The number of methoxy groups -OCH3 is 1. The molecular formula is C18H21N3O4. The molecule has 4 rings (SSSR count). The summed E-state index contributed by atoms with van der Waals surface area (Å²) in [6.07, 6.45) is 0.817. The zero-order valence-corrected chi connectivity index (χ0v) is 14.3. The molecule has 0 saturated carbocycles. The van der Waals surface area contributed by atoms with Crippen LogP contribution in [0, 0.1) is 6.92 Å². The smallest absolute Gasteiger partial charge is 0.257 e. The molecule has 3 atom stereocenters. The van der Waals surface area contributed by atoms with Gasteiger partial charge in [-0.05, 0) is 24.5 Å². The van der Waals surface area contributed by atoms with Gasteiger partial charge in [-0.1, -0.05) is 29.4 Å². The maximum absolute atomic E-state index is 13.3. The molecule has 7 nitrogen and oxygen atoms in total. The van der Waals surface area contributed by atoms with Gasteiger partial charge in [0.15, 0.2) is 11.9 Å². The molecule has 1 fully saturated rings. The Balaban J connectivity index is 1.64.